The van der Waals surface area contributed by atoms with Gasteiger partial charge in [0.25, 0.3) is 0 Å². The number of hydrogen-bond donors (Lipinski definition) is 2. The summed E-state index contributed by atoms with van der Waals surface area (Å²) >= 11 is 0. The van der Waals surface area contributed by atoms with E-state index in [2.05, 4.69) is 45.4 Å². The van der Waals surface area contributed by atoms with E-state index in [0.29, 0.717) is 57.0 Å². The number of hydrogen-bond acceptors (Lipinski definition) is 8. The van der Waals surface area contributed by atoms with Gasteiger partial charge >= 0.3 is 12.0 Å². The third-order valence-electron chi connectivity index (χ3n) is 10.6. The van der Waals surface area contributed by atoms with Crippen molar-refractivity contribution in [1.29, 1.82) is 0 Å². The summed E-state index contributed by atoms with van der Waals surface area (Å²) in [6.07, 6.45) is 4.74. The number of aliphatic hydroxyl groups is 1. The molecule has 242 valence electrons. The summed E-state index contributed by atoms with van der Waals surface area (Å²) < 4.78 is 31.5. The van der Waals surface area contributed by atoms with E-state index in [9.17, 15) is 23.1 Å². The molecule has 4 bridgehead atoms. The maximum atomic E-state index is 13.7. The molecule has 0 spiro atoms. The fraction of sp³-hybridized carbons (Fsp3) is 0.576. The van der Waals surface area contributed by atoms with Crippen LogP contribution in [0.2, 0.25) is 0 Å². The van der Waals surface area contributed by atoms with Crippen LogP contribution in [0.15, 0.2) is 48.5 Å². The van der Waals surface area contributed by atoms with Crippen LogP contribution in [0.1, 0.15) is 39.0 Å². The predicted molar refractivity (Wildman–Crippen MR) is 172 cm³/mol. The molecule has 12 heteroatoms. The minimum Gasteiger partial charge on any atom is -0.465 e. The fourth-order valence-electron chi connectivity index (χ4n) is 8.79. The van der Waals surface area contributed by atoms with Crippen LogP contribution in [0.5, 0.6) is 0 Å². The van der Waals surface area contributed by atoms with Crippen molar-refractivity contribution in [1.82, 2.24) is 9.62 Å². The third kappa shape index (κ3) is 5.88. The minimum absolute atomic E-state index is 0.0506. The zero-order valence-electron chi connectivity index (χ0n) is 25.8. The number of nitrogens with one attached hydrogen (secondary N) is 1. The average Bonchev–Trinajstić information content (AvgIpc) is 3.01. The van der Waals surface area contributed by atoms with E-state index in [-0.39, 0.29) is 18.7 Å². The molecule has 6 aliphatic rings. The van der Waals surface area contributed by atoms with Gasteiger partial charge in [-0.2, -0.15) is 4.31 Å². The van der Waals surface area contributed by atoms with Gasteiger partial charge in [-0.05, 0) is 93.2 Å². The first kappa shape index (κ1) is 30.3. The van der Waals surface area contributed by atoms with E-state index in [1.165, 1.54) is 4.31 Å². The number of amides is 2. The molecule has 1 saturated heterocycles. The third-order valence-corrected chi connectivity index (χ3v) is 12.3. The lowest BCUT2D eigenvalue weighted by Gasteiger charge is -2.58. The molecular formula is C33H43N5O6S. The van der Waals surface area contributed by atoms with Gasteiger partial charge < -0.3 is 25.0 Å². The molecular weight excluding hydrogens is 594 g/mol. The Hall–Kier alpha value is -3.35. The van der Waals surface area contributed by atoms with Crippen molar-refractivity contribution in [3.05, 3.63) is 48.5 Å². The van der Waals surface area contributed by atoms with E-state index in [1.54, 1.807) is 6.92 Å². The van der Waals surface area contributed by atoms with E-state index >= 15 is 0 Å². The molecule has 2 amide bonds. The Morgan fingerprint density at radius 1 is 0.889 bits per heavy atom. The highest BCUT2D eigenvalue weighted by atomic mass is 32.2. The van der Waals surface area contributed by atoms with Gasteiger partial charge in [-0.15, -0.1) is 0 Å². The van der Waals surface area contributed by atoms with Gasteiger partial charge in [0, 0.05) is 56.7 Å². The van der Waals surface area contributed by atoms with Crippen molar-refractivity contribution in [3.8, 4) is 0 Å². The Bertz CT molecular complexity index is 1530. The molecule has 4 aliphatic carbocycles. The molecule has 0 radical (unpaired) electrons. The lowest BCUT2D eigenvalue weighted by molar-refractivity contribution is -0.140. The van der Waals surface area contributed by atoms with Crippen LogP contribution < -0.4 is 20.0 Å². The Morgan fingerprint density at radius 2 is 1.53 bits per heavy atom. The summed E-state index contributed by atoms with van der Waals surface area (Å²) in [5.74, 6) is -0.0330. The van der Waals surface area contributed by atoms with E-state index in [4.69, 9.17) is 4.74 Å². The van der Waals surface area contributed by atoms with Gasteiger partial charge in [0.05, 0.1) is 23.6 Å². The summed E-state index contributed by atoms with van der Waals surface area (Å²) in [6.45, 7) is 4.70. The van der Waals surface area contributed by atoms with Crippen LogP contribution in [-0.4, -0.2) is 93.1 Å². The van der Waals surface area contributed by atoms with Crippen LogP contribution >= 0.6 is 0 Å². The Morgan fingerprint density at radius 3 is 2.18 bits per heavy atom. The Kier molecular flexibility index (Phi) is 7.94. The number of urea groups is 1. The van der Waals surface area contributed by atoms with Crippen molar-refractivity contribution in [2.75, 3.05) is 66.3 Å². The number of fused-ring (bicyclic) bond motifs is 1. The maximum absolute atomic E-state index is 13.7. The van der Waals surface area contributed by atoms with E-state index < -0.39 is 27.3 Å². The second-order valence-electron chi connectivity index (χ2n) is 13.4. The second kappa shape index (κ2) is 11.8. The number of para-hydroxylation sites is 2. The largest absolute Gasteiger partial charge is 0.465 e. The number of carbonyl (C=O) groups is 2. The smallest absolute Gasteiger partial charge is 0.322 e. The van der Waals surface area contributed by atoms with Gasteiger partial charge in [0.1, 0.15) is 0 Å². The number of sulfonamides is 1. The van der Waals surface area contributed by atoms with Crippen LogP contribution in [-0.2, 0) is 19.6 Å². The molecule has 5 fully saturated rings. The number of piperazine rings is 1. The highest BCUT2D eigenvalue weighted by Gasteiger charge is 2.55. The van der Waals surface area contributed by atoms with Crippen LogP contribution in [0, 0.1) is 17.8 Å². The zero-order valence-corrected chi connectivity index (χ0v) is 26.6. The van der Waals surface area contributed by atoms with Crippen molar-refractivity contribution >= 4 is 44.8 Å². The van der Waals surface area contributed by atoms with Gasteiger partial charge in [-0.3, -0.25) is 9.69 Å². The molecule has 2 atom stereocenters. The summed E-state index contributed by atoms with van der Waals surface area (Å²) in [5.41, 5.74) is 3.37. The minimum atomic E-state index is -3.70. The molecule has 45 heavy (non-hydrogen) atoms. The van der Waals surface area contributed by atoms with E-state index in [1.807, 2.05) is 23.1 Å². The first-order valence-electron chi connectivity index (χ1n) is 16.3. The second-order valence-corrected chi connectivity index (χ2v) is 15.4. The number of rotatable bonds is 7. The SMILES string of the molecule is CCOC(=O)CS(=O)(=O)N1CCN(c2ccc(N3CCN(C(=O)NC4C5CC6CC4CC(O)(C6)C5)c4ccccc43)cc2)CC1. The van der Waals surface area contributed by atoms with Crippen molar-refractivity contribution in [2.45, 2.75) is 50.7 Å². The number of carbonyl (C=O) groups excluding carboxylic acids is 2. The first-order chi connectivity index (χ1) is 21.6. The molecule has 2 aliphatic heterocycles. The molecule has 2 unspecified atom stereocenters. The Labute approximate surface area is 265 Å². The standard InChI is InChI=1S/C33H43N5O6S/c1-2-44-30(39)22-45(42,43)36-13-11-35(12-14-36)26-7-9-27(10-8-26)37-15-16-38(29-6-4-3-5-28(29)37)32(40)34-31-24-17-23-18-25(31)21-33(41,19-23)20-24/h3-10,23-25,31,41H,2,11-22H2,1H3,(H,34,40). The van der Waals surface area contributed by atoms with Crippen LogP contribution in [0.4, 0.5) is 27.5 Å². The number of benzene rings is 2. The number of ether oxygens (including phenoxy) is 1. The molecule has 2 heterocycles. The highest BCUT2D eigenvalue weighted by Crippen LogP contribution is 2.55. The highest BCUT2D eigenvalue weighted by molar-refractivity contribution is 7.89. The van der Waals surface area contributed by atoms with Gasteiger partial charge in [-0.25, -0.2) is 13.2 Å². The number of esters is 1. The summed E-state index contributed by atoms with van der Waals surface area (Å²) in [6, 6.07) is 16.4. The van der Waals surface area contributed by atoms with Crippen molar-refractivity contribution < 1.29 is 27.9 Å². The van der Waals surface area contributed by atoms with E-state index in [0.717, 1.165) is 54.9 Å². The molecule has 2 aromatic carbocycles. The quantitative estimate of drug-likeness (QED) is 0.444. The average molecular weight is 638 g/mol. The lowest BCUT2D eigenvalue weighted by Crippen LogP contribution is -2.63. The van der Waals surface area contributed by atoms with Gasteiger partial charge in [0.15, 0.2) is 5.75 Å². The molecule has 0 aromatic heterocycles. The molecule has 2 N–H and O–H groups in total. The molecule has 11 nitrogen and oxygen atoms in total. The maximum Gasteiger partial charge on any atom is 0.322 e. The molecule has 2 aromatic rings. The van der Waals surface area contributed by atoms with Crippen LogP contribution in [0.3, 0.4) is 0 Å². The summed E-state index contributed by atoms with van der Waals surface area (Å²) in [7, 11) is -3.70. The summed E-state index contributed by atoms with van der Waals surface area (Å²) in [5, 5.41) is 14.4. The first-order valence-corrected chi connectivity index (χ1v) is 17.9. The van der Waals surface area contributed by atoms with Crippen molar-refractivity contribution in [3.63, 3.8) is 0 Å². The number of anilines is 4. The summed E-state index contributed by atoms with van der Waals surface area (Å²) in [4.78, 5) is 31.7. The Balaban J connectivity index is 0.996. The monoisotopic (exact) mass is 637 g/mol. The van der Waals surface area contributed by atoms with Gasteiger partial charge in [-0.1, -0.05) is 12.1 Å². The normalized spacial score (nSPS) is 29.4. The topological polar surface area (TPSA) is 123 Å². The van der Waals surface area contributed by atoms with Crippen molar-refractivity contribution in [2.24, 2.45) is 17.8 Å². The predicted octanol–water partition coefficient (Wildman–Crippen LogP) is 3.31. The molecule has 4 saturated carbocycles. The zero-order chi connectivity index (χ0) is 31.3. The van der Waals surface area contributed by atoms with Gasteiger partial charge in [0.2, 0.25) is 10.0 Å². The fourth-order valence-corrected chi connectivity index (χ4v) is 10.1. The molecule has 8 rings (SSSR count). The lowest BCUT2D eigenvalue weighted by atomic mass is 9.52. The van der Waals surface area contributed by atoms with Crippen LogP contribution in [0.25, 0.3) is 0 Å². The number of nitrogens with zero attached hydrogens (tertiary/aromatic N) is 4.